The van der Waals surface area contributed by atoms with Crippen molar-refractivity contribution in [2.24, 2.45) is 0 Å². The number of amides is 1. The molecule has 0 unspecified atom stereocenters. The number of aryl methyl sites for hydroxylation is 1. The predicted octanol–water partition coefficient (Wildman–Crippen LogP) is 1.70. The van der Waals surface area contributed by atoms with E-state index in [-0.39, 0.29) is 10.8 Å². The quantitative estimate of drug-likeness (QED) is 0.624. The Morgan fingerprint density at radius 1 is 1.29 bits per heavy atom. The summed E-state index contributed by atoms with van der Waals surface area (Å²) >= 11 is 0. The van der Waals surface area contributed by atoms with Crippen LogP contribution in [-0.2, 0) is 15.5 Å². The number of rotatable bonds is 6. The maximum absolute atomic E-state index is 11.6. The SMILES string of the molecule is O=C(NCCCc1ccc(S(=O)(=O)Cl)cc1)c1cn[nH]c1. The number of aromatic amines is 1. The summed E-state index contributed by atoms with van der Waals surface area (Å²) in [6.45, 7) is 0.527. The van der Waals surface area contributed by atoms with Crippen molar-refractivity contribution in [3.05, 3.63) is 47.8 Å². The normalized spacial score (nSPS) is 11.3. The van der Waals surface area contributed by atoms with Crippen LogP contribution in [0.15, 0.2) is 41.6 Å². The number of aromatic nitrogens is 2. The first-order valence-electron chi connectivity index (χ1n) is 6.27. The van der Waals surface area contributed by atoms with Gasteiger partial charge in [0.25, 0.3) is 15.0 Å². The summed E-state index contributed by atoms with van der Waals surface area (Å²) in [4.78, 5) is 11.7. The zero-order valence-corrected chi connectivity index (χ0v) is 12.6. The molecule has 8 heteroatoms. The molecule has 1 amide bonds. The molecule has 1 aromatic carbocycles. The fraction of sp³-hybridized carbons (Fsp3) is 0.231. The van der Waals surface area contributed by atoms with E-state index in [0.717, 1.165) is 18.4 Å². The first kappa shape index (κ1) is 15.5. The third-order valence-electron chi connectivity index (χ3n) is 2.89. The Balaban J connectivity index is 1.78. The number of hydrogen-bond acceptors (Lipinski definition) is 4. The van der Waals surface area contributed by atoms with Gasteiger partial charge in [0, 0.05) is 23.4 Å². The fourth-order valence-electron chi connectivity index (χ4n) is 1.79. The molecule has 2 rings (SSSR count). The molecule has 0 aliphatic carbocycles. The van der Waals surface area contributed by atoms with E-state index in [1.165, 1.54) is 24.5 Å². The van der Waals surface area contributed by atoms with Crippen LogP contribution < -0.4 is 5.32 Å². The highest BCUT2D eigenvalue weighted by atomic mass is 35.7. The van der Waals surface area contributed by atoms with E-state index in [2.05, 4.69) is 15.5 Å². The summed E-state index contributed by atoms with van der Waals surface area (Å²) in [7, 11) is 1.56. The molecule has 0 aliphatic heterocycles. The number of halogens is 1. The number of benzene rings is 1. The van der Waals surface area contributed by atoms with Gasteiger partial charge in [0.05, 0.1) is 16.7 Å². The second-order valence-electron chi connectivity index (χ2n) is 4.43. The molecule has 0 atom stereocenters. The van der Waals surface area contributed by atoms with E-state index in [4.69, 9.17) is 10.7 Å². The molecule has 0 radical (unpaired) electrons. The first-order valence-corrected chi connectivity index (χ1v) is 8.58. The minimum atomic E-state index is -3.67. The Labute approximate surface area is 126 Å². The predicted molar refractivity (Wildman–Crippen MR) is 78.7 cm³/mol. The zero-order chi connectivity index (χ0) is 15.3. The number of H-pyrrole nitrogens is 1. The smallest absolute Gasteiger partial charge is 0.261 e. The van der Waals surface area contributed by atoms with Gasteiger partial charge in [0.1, 0.15) is 0 Å². The number of hydrogen-bond donors (Lipinski definition) is 2. The average molecular weight is 328 g/mol. The fourth-order valence-corrected chi connectivity index (χ4v) is 2.56. The summed E-state index contributed by atoms with van der Waals surface area (Å²) in [6, 6.07) is 6.38. The lowest BCUT2D eigenvalue weighted by Gasteiger charge is -2.04. The average Bonchev–Trinajstić information content (AvgIpc) is 2.97. The number of nitrogens with one attached hydrogen (secondary N) is 2. The molecule has 0 bridgehead atoms. The largest absolute Gasteiger partial charge is 0.352 e. The van der Waals surface area contributed by atoms with Crippen LogP contribution in [0, 0.1) is 0 Å². The van der Waals surface area contributed by atoms with Gasteiger partial charge in [-0.3, -0.25) is 9.89 Å². The summed E-state index contributed by atoms with van der Waals surface area (Å²) in [5.74, 6) is -0.174. The van der Waals surface area contributed by atoms with Gasteiger partial charge in [0.2, 0.25) is 0 Å². The van der Waals surface area contributed by atoms with Crippen LogP contribution in [0.4, 0.5) is 0 Å². The van der Waals surface area contributed by atoms with Crippen molar-refractivity contribution in [1.82, 2.24) is 15.5 Å². The lowest BCUT2D eigenvalue weighted by atomic mass is 10.1. The highest BCUT2D eigenvalue weighted by Crippen LogP contribution is 2.15. The van der Waals surface area contributed by atoms with E-state index < -0.39 is 9.05 Å². The van der Waals surface area contributed by atoms with Crippen molar-refractivity contribution in [1.29, 1.82) is 0 Å². The Hall–Kier alpha value is -1.86. The molecule has 0 aliphatic rings. The molecule has 112 valence electrons. The highest BCUT2D eigenvalue weighted by Gasteiger charge is 2.09. The van der Waals surface area contributed by atoms with Crippen LogP contribution in [-0.4, -0.2) is 31.1 Å². The maximum Gasteiger partial charge on any atom is 0.261 e. The van der Waals surface area contributed by atoms with Crippen LogP contribution in [0.3, 0.4) is 0 Å². The van der Waals surface area contributed by atoms with Gasteiger partial charge in [-0.05, 0) is 30.5 Å². The monoisotopic (exact) mass is 327 g/mol. The van der Waals surface area contributed by atoms with Crippen molar-refractivity contribution in [3.8, 4) is 0 Å². The molecular formula is C13H14ClN3O3S. The van der Waals surface area contributed by atoms with Crippen LogP contribution in [0.5, 0.6) is 0 Å². The highest BCUT2D eigenvalue weighted by molar-refractivity contribution is 8.13. The number of carbonyl (C=O) groups is 1. The molecule has 0 saturated heterocycles. The van der Waals surface area contributed by atoms with Crippen LogP contribution in [0.25, 0.3) is 0 Å². The van der Waals surface area contributed by atoms with Crippen molar-refractivity contribution in [2.45, 2.75) is 17.7 Å². The van der Waals surface area contributed by atoms with Crippen LogP contribution in [0.1, 0.15) is 22.3 Å². The van der Waals surface area contributed by atoms with Crippen molar-refractivity contribution in [3.63, 3.8) is 0 Å². The minimum absolute atomic E-state index is 0.0844. The number of carbonyl (C=O) groups excluding carboxylic acids is 1. The molecule has 0 fully saturated rings. The number of nitrogens with zero attached hydrogens (tertiary/aromatic N) is 1. The third-order valence-corrected chi connectivity index (χ3v) is 4.26. The lowest BCUT2D eigenvalue weighted by molar-refractivity contribution is 0.0953. The van der Waals surface area contributed by atoms with E-state index in [9.17, 15) is 13.2 Å². The summed E-state index contributed by atoms with van der Waals surface area (Å²) in [5.41, 5.74) is 1.48. The maximum atomic E-state index is 11.6. The molecule has 2 N–H and O–H groups in total. The van der Waals surface area contributed by atoms with Gasteiger partial charge in [-0.2, -0.15) is 5.10 Å². The molecule has 0 saturated carbocycles. The topological polar surface area (TPSA) is 91.9 Å². The molecule has 6 nitrogen and oxygen atoms in total. The van der Waals surface area contributed by atoms with Crippen LogP contribution >= 0.6 is 10.7 Å². The molecular weight excluding hydrogens is 314 g/mol. The van der Waals surface area contributed by atoms with Gasteiger partial charge in [-0.1, -0.05) is 12.1 Å². The van der Waals surface area contributed by atoms with E-state index in [1.807, 2.05) is 0 Å². The van der Waals surface area contributed by atoms with E-state index >= 15 is 0 Å². The second kappa shape index (κ2) is 6.73. The Kier molecular flexibility index (Phi) is 4.98. The van der Waals surface area contributed by atoms with Crippen molar-refractivity contribution >= 4 is 25.6 Å². The Bertz CT molecular complexity index is 697. The van der Waals surface area contributed by atoms with Crippen molar-refractivity contribution < 1.29 is 13.2 Å². The molecule has 0 spiro atoms. The van der Waals surface area contributed by atoms with Gasteiger partial charge in [0.15, 0.2) is 0 Å². The molecule has 21 heavy (non-hydrogen) atoms. The molecule has 1 heterocycles. The van der Waals surface area contributed by atoms with Gasteiger partial charge in [-0.25, -0.2) is 8.42 Å². The van der Waals surface area contributed by atoms with Gasteiger partial charge >= 0.3 is 0 Å². The third kappa shape index (κ3) is 4.57. The summed E-state index contributed by atoms with van der Waals surface area (Å²) in [6.07, 6.45) is 4.46. The summed E-state index contributed by atoms with van der Waals surface area (Å²) < 4.78 is 22.2. The van der Waals surface area contributed by atoms with Crippen molar-refractivity contribution in [2.75, 3.05) is 6.54 Å². The van der Waals surface area contributed by atoms with E-state index in [0.29, 0.717) is 12.1 Å². The first-order chi connectivity index (χ1) is 9.97. The lowest BCUT2D eigenvalue weighted by Crippen LogP contribution is -2.24. The Morgan fingerprint density at radius 3 is 2.57 bits per heavy atom. The zero-order valence-electron chi connectivity index (χ0n) is 11.0. The van der Waals surface area contributed by atoms with E-state index in [1.54, 1.807) is 12.1 Å². The molecule has 2 aromatic rings. The Morgan fingerprint density at radius 2 is 2.00 bits per heavy atom. The second-order valence-corrected chi connectivity index (χ2v) is 6.99. The van der Waals surface area contributed by atoms with Crippen LogP contribution in [0.2, 0.25) is 0 Å². The van der Waals surface area contributed by atoms with Gasteiger partial charge < -0.3 is 5.32 Å². The standard InChI is InChI=1S/C13H14ClN3O3S/c14-21(19,20)12-5-3-10(4-6-12)2-1-7-15-13(18)11-8-16-17-9-11/h3-6,8-9H,1-2,7H2,(H,15,18)(H,16,17). The minimum Gasteiger partial charge on any atom is -0.352 e. The summed E-state index contributed by atoms with van der Waals surface area (Å²) in [5, 5.41) is 9.05. The molecule has 1 aromatic heterocycles. The van der Waals surface area contributed by atoms with Gasteiger partial charge in [-0.15, -0.1) is 0 Å².